The molecule has 3 nitrogen and oxygen atoms in total. The van der Waals surface area contributed by atoms with E-state index in [0.29, 0.717) is 0 Å². The summed E-state index contributed by atoms with van der Waals surface area (Å²) < 4.78 is 4.84. The smallest absolute Gasteiger partial charge is 0.0541 e. The fourth-order valence-corrected chi connectivity index (χ4v) is 11.9. The Morgan fingerprint density at radius 2 is 0.611 bits per heavy atom. The molecule has 0 radical (unpaired) electrons. The second kappa shape index (κ2) is 16.5. The van der Waals surface area contributed by atoms with Crippen molar-refractivity contribution < 1.29 is 0 Å². The van der Waals surface area contributed by atoms with Crippen LogP contribution in [0.1, 0.15) is 25.0 Å². The zero-order valence-corrected chi connectivity index (χ0v) is 40.2. The van der Waals surface area contributed by atoms with Crippen molar-refractivity contribution in [1.29, 1.82) is 0 Å². The third-order valence-corrected chi connectivity index (χ3v) is 15.4. The van der Waals surface area contributed by atoms with E-state index in [9.17, 15) is 0 Å². The topological polar surface area (TPSA) is 13.1 Å². The highest BCUT2D eigenvalue weighted by molar-refractivity contribution is 6.11. The van der Waals surface area contributed by atoms with E-state index >= 15 is 0 Å². The highest BCUT2D eigenvalue weighted by atomic mass is 15.1. The van der Waals surface area contributed by atoms with Crippen molar-refractivity contribution in [3.05, 3.63) is 272 Å². The number of para-hydroxylation sites is 6. The Morgan fingerprint density at radius 1 is 0.278 bits per heavy atom. The van der Waals surface area contributed by atoms with E-state index in [0.717, 1.165) is 39.6 Å². The first-order valence-electron chi connectivity index (χ1n) is 25.0. The van der Waals surface area contributed by atoms with Crippen LogP contribution in [0.25, 0.3) is 99.5 Å². The molecule has 14 rings (SSSR count). The van der Waals surface area contributed by atoms with Crippen LogP contribution in [0.2, 0.25) is 0 Å². The monoisotopic (exact) mass is 919 g/mol. The molecule has 0 bridgehead atoms. The average molecular weight is 920 g/mol. The Hall–Kier alpha value is -9.18. The van der Waals surface area contributed by atoms with Crippen LogP contribution in [-0.4, -0.2) is 9.13 Å². The lowest BCUT2D eigenvalue weighted by atomic mass is 9.81. The minimum absolute atomic E-state index is 0.0645. The van der Waals surface area contributed by atoms with Gasteiger partial charge in [0.05, 0.1) is 33.4 Å². The van der Waals surface area contributed by atoms with Crippen LogP contribution in [0, 0.1) is 0 Å². The van der Waals surface area contributed by atoms with Gasteiger partial charge in [-0.25, -0.2) is 0 Å². The highest BCUT2D eigenvalue weighted by Crippen LogP contribution is 2.50. The van der Waals surface area contributed by atoms with Gasteiger partial charge in [-0.15, -0.1) is 0 Å². The summed E-state index contributed by atoms with van der Waals surface area (Å²) in [6.45, 7) is 4.70. The second-order valence-electron chi connectivity index (χ2n) is 19.7. The van der Waals surface area contributed by atoms with Crippen molar-refractivity contribution in [2.24, 2.45) is 0 Å². The van der Waals surface area contributed by atoms with Gasteiger partial charge in [-0.1, -0.05) is 196 Å². The van der Waals surface area contributed by atoms with Gasteiger partial charge in [-0.2, -0.15) is 0 Å². The Labute approximate surface area is 419 Å². The number of rotatable bonds is 8. The molecule has 0 unspecified atom stereocenters. The maximum absolute atomic E-state index is 2.42. The summed E-state index contributed by atoms with van der Waals surface area (Å²) >= 11 is 0. The zero-order valence-electron chi connectivity index (χ0n) is 40.2. The predicted molar refractivity (Wildman–Crippen MR) is 304 cm³/mol. The number of nitrogens with zero attached hydrogens (tertiary/aromatic N) is 3. The first kappa shape index (κ1) is 41.8. The third kappa shape index (κ3) is 6.51. The van der Waals surface area contributed by atoms with E-state index in [-0.39, 0.29) is 5.41 Å². The number of hydrogen-bond acceptors (Lipinski definition) is 1. The minimum Gasteiger partial charge on any atom is -0.311 e. The van der Waals surface area contributed by atoms with E-state index in [4.69, 9.17) is 0 Å². The van der Waals surface area contributed by atoms with Crippen molar-refractivity contribution in [3.8, 4) is 55.9 Å². The van der Waals surface area contributed by atoms with Crippen LogP contribution in [0.15, 0.2) is 261 Å². The van der Waals surface area contributed by atoms with Gasteiger partial charge in [0.1, 0.15) is 0 Å². The van der Waals surface area contributed by atoms with E-state index in [1.165, 1.54) is 88.1 Å². The maximum atomic E-state index is 2.42. The largest absolute Gasteiger partial charge is 0.311 e. The number of benzene rings is 11. The predicted octanol–water partition coefficient (Wildman–Crippen LogP) is 18.7. The molecule has 340 valence electrons. The molecule has 3 heteroatoms. The molecular weight excluding hydrogens is 871 g/mol. The summed E-state index contributed by atoms with van der Waals surface area (Å²) in [5.74, 6) is 0. The van der Waals surface area contributed by atoms with Crippen molar-refractivity contribution in [1.82, 2.24) is 9.13 Å². The molecule has 72 heavy (non-hydrogen) atoms. The Kier molecular flexibility index (Phi) is 9.56. The standard InChI is InChI=1S/C69H49N3/c1-69(2)61-24-10-3-19-55(61)56-44-37-49(45-62(56)69)46-31-38-50(39-32-46)70(51-40-33-47(34-41-51)53-17-4-11-25-63(53)71-65-27-13-6-20-57(65)58-21-7-14-28-66(58)71)52-42-35-48(36-43-52)54-18-5-12-26-64(54)72-67-29-15-8-22-59(67)60-23-9-16-30-68(60)72/h3-45H,1-2H3. The Balaban J connectivity index is 0.867. The molecule has 0 fully saturated rings. The van der Waals surface area contributed by atoms with Crippen molar-refractivity contribution in [2.45, 2.75) is 19.3 Å². The molecule has 13 aromatic rings. The molecule has 0 amide bonds. The average Bonchev–Trinajstić information content (AvgIpc) is 4.04. The lowest BCUT2D eigenvalue weighted by Crippen LogP contribution is -2.14. The van der Waals surface area contributed by atoms with Crippen LogP contribution >= 0.6 is 0 Å². The number of aromatic nitrogens is 2. The van der Waals surface area contributed by atoms with Crippen molar-refractivity contribution >= 4 is 60.7 Å². The highest BCUT2D eigenvalue weighted by Gasteiger charge is 2.35. The quantitative estimate of drug-likeness (QED) is 0.148. The summed E-state index contributed by atoms with van der Waals surface area (Å²) in [7, 11) is 0. The van der Waals surface area contributed by atoms with Gasteiger partial charge in [0.2, 0.25) is 0 Å². The lowest BCUT2D eigenvalue weighted by molar-refractivity contribution is 0.660. The molecule has 1 aliphatic carbocycles. The van der Waals surface area contributed by atoms with Gasteiger partial charge in [-0.3, -0.25) is 0 Å². The molecule has 0 atom stereocenters. The van der Waals surface area contributed by atoms with Gasteiger partial charge < -0.3 is 14.0 Å². The van der Waals surface area contributed by atoms with Crippen LogP contribution in [-0.2, 0) is 5.41 Å². The van der Waals surface area contributed by atoms with E-state index < -0.39 is 0 Å². The summed E-state index contributed by atoms with van der Waals surface area (Å²) in [5.41, 5.74) is 22.9. The minimum atomic E-state index is -0.0645. The second-order valence-corrected chi connectivity index (χ2v) is 19.7. The third-order valence-electron chi connectivity index (χ3n) is 15.4. The van der Waals surface area contributed by atoms with E-state index in [1.807, 2.05) is 0 Å². The summed E-state index contributed by atoms with van der Waals surface area (Å²) in [4.78, 5) is 2.39. The van der Waals surface area contributed by atoms with Gasteiger partial charge in [0.25, 0.3) is 0 Å². The molecular formula is C69H49N3. The van der Waals surface area contributed by atoms with Gasteiger partial charge in [0, 0.05) is 55.1 Å². The molecule has 11 aromatic carbocycles. The molecule has 2 heterocycles. The summed E-state index contributed by atoms with van der Waals surface area (Å²) in [6.07, 6.45) is 0. The Morgan fingerprint density at radius 3 is 1.06 bits per heavy atom. The fourth-order valence-electron chi connectivity index (χ4n) is 11.9. The lowest BCUT2D eigenvalue weighted by Gasteiger charge is -2.26. The van der Waals surface area contributed by atoms with E-state index in [2.05, 4.69) is 289 Å². The molecule has 0 N–H and O–H groups in total. The molecule has 0 saturated carbocycles. The zero-order chi connectivity index (χ0) is 47.9. The summed E-state index contributed by atoms with van der Waals surface area (Å²) in [6, 6.07) is 95.8. The molecule has 2 aromatic heterocycles. The number of fused-ring (bicyclic) bond motifs is 9. The maximum Gasteiger partial charge on any atom is 0.0541 e. The van der Waals surface area contributed by atoms with Gasteiger partial charge in [0.15, 0.2) is 0 Å². The van der Waals surface area contributed by atoms with Gasteiger partial charge in [-0.05, 0) is 123 Å². The van der Waals surface area contributed by atoms with Gasteiger partial charge >= 0.3 is 0 Å². The van der Waals surface area contributed by atoms with Crippen LogP contribution in [0.3, 0.4) is 0 Å². The molecule has 0 aliphatic heterocycles. The Bertz CT molecular complexity index is 3920. The molecule has 0 saturated heterocycles. The molecule has 1 aliphatic rings. The van der Waals surface area contributed by atoms with Crippen LogP contribution in [0.5, 0.6) is 0 Å². The first-order chi connectivity index (χ1) is 35.5. The fraction of sp³-hybridized carbons (Fsp3) is 0.0435. The number of hydrogen-bond donors (Lipinski definition) is 0. The van der Waals surface area contributed by atoms with E-state index in [1.54, 1.807) is 0 Å². The SMILES string of the molecule is CC1(C)c2ccccc2-c2ccc(-c3ccc(N(c4ccc(-c5ccccc5-n5c6ccccc6c6ccccc65)cc4)c4ccc(-c5ccccc5-n5c6ccccc6c6ccccc65)cc4)cc3)cc21. The normalized spacial score (nSPS) is 12.7. The van der Waals surface area contributed by atoms with Crippen molar-refractivity contribution in [3.63, 3.8) is 0 Å². The van der Waals surface area contributed by atoms with Crippen molar-refractivity contribution in [2.75, 3.05) is 4.90 Å². The summed E-state index contributed by atoms with van der Waals surface area (Å²) in [5, 5.41) is 5.02. The number of anilines is 3. The first-order valence-corrected chi connectivity index (χ1v) is 25.0. The molecule has 0 spiro atoms. The van der Waals surface area contributed by atoms with Crippen LogP contribution in [0.4, 0.5) is 17.1 Å². The van der Waals surface area contributed by atoms with Crippen LogP contribution < -0.4 is 4.90 Å².